The first-order valence-corrected chi connectivity index (χ1v) is 10.1. The van der Waals surface area contributed by atoms with Crippen LogP contribution in [0.5, 0.6) is 0 Å². The molecule has 1 aliphatic heterocycles. The van der Waals surface area contributed by atoms with Crippen LogP contribution in [0.2, 0.25) is 0 Å². The Kier molecular flexibility index (Phi) is 4.53. The average molecular weight is 386 g/mol. The van der Waals surface area contributed by atoms with E-state index in [9.17, 15) is 12.8 Å². The fourth-order valence-electron chi connectivity index (χ4n) is 3.46. The number of rotatable bonds is 3. The number of nitrogens with zero attached hydrogens (tertiary/aromatic N) is 4. The number of aromatic nitrogens is 2. The topological polar surface area (TPSA) is 66.4 Å². The smallest absolute Gasteiger partial charge is 0.245 e. The third-order valence-electron chi connectivity index (χ3n) is 4.80. The zero-order chi connectivity index (χ0) is 19.0. The number of sulfonamides is 1. The van der Waals surface area contributed by atoms with Crippen LogP contribution in [0.1, 0.15) is 6.92 Å². The van der Waals surface area contributed by atoms with Crippen molar-refractivity contribution in [2.75, 3.05) is 24.5 Å². The molecule has 27 heavy (non-hydrogen) atoms. The summed E-state index contributed by atoms with van der Waals surface area (Å²) in [5, 5.41) is 0.786. The Bertz CT molecular complexity index is 1080. The van der Waals surface area contributed by atoms with Crippen LogP contribution in [0.4, 0.5) is 10.2 Å². The summed E-state index contributed by atoms with van der Waals surface area (Å²) in [7, 11) is -3.69. The summed E-state index contributed by atoms with van der Waals surface area (Å²) < 4.78 is 41.4. The first-order chi connectivity index (χ1) is 13.0. The van der Waals surface area contributed by atoms with Crippen LogP contribution in [-0.4, -0.2) is 48.4 Å². The Morgan fingerprint density at radius 1 is 1.07 bits per heavy atom. The first-order valence-electron chi connectivity index (χ1n) is 8.70. The lowest BCUT2D eigenvalue weighted by Crippen LogP contribution is -2.54. The van der Waals surface area contributed by atoms with E-state index in [-0.39, 0.29) is 10.9 Å². The van der Waals surface area contributed by atoms with Crippen LogP contribution in [0.15, 0.2) is 59.6 Å². The van der Waals surface area contributed by atoms with E-state index < -0.39 is 16.0 Å². The number of halogens is 1. The summed E-state index contributed by atoms with van der Waals surface area (Å²) in [6.07, 6.45) is 1.59. The highest BCUT2D eigenvalue weighted by Crippen LogP contribution is 2.27. The second kappa shape index (κ2) is 6.86. The lowest BCUT2D eigenvalue weighted by Gasteiger charge is -2.39. The Balaban J connectivity index is 1.63. The van der Waals surface area contributed by atoms with Crippen molar-refractivity contribution in [2.24, 2.45) is 0 Å². The minimum atomic E-state index is -3.69. The van der Waals surface area contributed by atoms with Crippen LogP contribution in [-0.2, 0) is 10.0 Å². The van der Waals surface area contributed by atoms with Gasteiger partial charge < -0.3 is 4.90 Å². The molecule has 2 aromatic heterocycles. The van der Waals surface area contributed by atoms with Crippen LogP contribution < -0.4 is 4.90 Å². The molecular formula is C19H19FN4O2S. The average Bonchev–Trinajstić information content (AvgIpc) is 2.67. The van der Waals surface area contributed by atoms with E-state index in [0.717, 1.165) is 5.39 Å². The molecule has 1 aromatic carbocycles. The molecular weight excluding hydrogens is 367 g/mol. The number of hydrogen-bond acceptors (Lipinski definition) is 5. The molecule has 140 valence electrons. The molecule has 3 heterocycles. The van der Waals surface area contributed by atoms with Gasteiger partial charge >= 0.3 is 0 Å². The minimum Gasteiger partial charge on any atom is -0.351 e. The Labute approximate surface area is 157 Å². The van der Waals surface area contributed by atoms with E-state index in [0.29, 0.717) is 31.0 Å². The van der Waals surface area contributed by atoms with E-state index in [2.05, 4.69) is 9.97 Å². The summed E-state index contributed by atoms with van der Waals surface area (Å²) in [5.41, 5.74) is 0.474. The van der Waals surface area contributed by atoms with Gasteiger partial charge in [-0.15, -0.1) is 0 Å². The molecule has 0 amide bonds. The van der Waals surface area contributed by atoms with Gasteiger partial charge in [-0.2, -0.15) is 8.70 Å². The van der Waals surface area contributed by atoms with E-state index in [1.165, 1.54) is 10.4 Å². The molecule has 1 saturated heterocycles. The van der Waals surface area contributed by atoms with Crippen LogP contribution >= 0.6 is 0 Å². The molecule has 0 radical (unpaired) electrons. The molecule has 0 N–H and O–H groups in total. The Hall–Kier alpha value is -2.58. The highest BCUT2D eigenvalue weighted by Gasteiger charge is 2.34. The number of pyridine rings is 2. The second-order valence-corrected chi connectivity index (χ2v) is 8.46. The SMILES string of the molecule is CC1CN(S(=O)(=O)c2cccc3cccnc23)CCN1c1cccc(F)n1. The van der Waals surface area contributed by atoms with Crippen molar-refractivity contribution in [2.45, 2.75) is 17.9 Å². The van der Waals surface area contributed by atoms with Crippen molar-refractivity contribution in [1.29, 1.82) is 0 Å². The third-order valence-corrected chi connectivity index (χ3v) is 6.70. The van der Waals surface area contributed by atoms with Gasteiger partial charge in [0.2, 0.25) is 16.0 Å². The Morgan fingerprint density at radius 2 is 1.85 bits per heavy atom. The molecule has 0 bridgehead atoms. The van der Waals surface area contributed by atoms with Gasteiger partial charge in [-0.05, 0) is 31.2 Å². The number of benzene rings is 1. The lowest BCUT2D eigenvalue weighted by molar-refractivity contribution is 0.341. The fraction of sp³-hybridized carbons (Fsp3) is 0.263. The van der Waals surface area contributed by atoms with E-state index in [1.54, 1.807) is 36.5 Å². The second-order valence-electron chi connectivity index (χ2n) is 6.56. The van der Waals surface area contributed by atoms with Crippen LogP contribution in [0.25, 0.3) is 10.9 Å². The zero-order valence-electron chi connectivity index (χ0n) is 14.8. The molecule has 1 unspecified atom stereocenters. The van der Waals surface area contributed by atoms with E-state index in [1.807, 2.05) is 24.0 Å². The van der Waals surface area contributed by atoms with Crippen molar-refractivity contribution in [3.63, 3.8) is 0 Å². The number of fused-ring (bicyclic) bond motifs is 1. The quantitative estimate of drug-likeness (QED) is 0.648. The number of para-hydroxylation sites is 1. The molecule has 6 nitrogen and oxygen atoms in total. The van der Waals surface area contributed by atoms with Gasteiger partial charge in [0.15, 0.2) is 0 Å². The Morgan fingerprint density at radius 3 is 2.63 bits per heavy atom. The number of piperazine rings is 1. The predicted molar refractivity (Wildman–Crippen MR) is 102 cm³/mol. The summed E-state index contributed by atoms with van der Waals surface area (Å²) >= 11 is 0. The molecule has 0 saturated carbocycles. The normalized spacial score (nSPS) is 18.7. The molecule has 0 spiro atoms. The maximum atomic E-state index is 13.4. The minimum absolute atomic E-state index is 0.134. The molecule has 1 aliphatic rings. The van der Waals surface area contributed by atoms with Gasteiger partial charge in [0.1, 0.15) is 10.7 Å². The first kappa shape index (κ1) is 17.8. The van der Waals surface area contributed by atoms with Crippen molar-refractivity contribution >= 4 is 26.7 Å². The van der Waals surface area contributed by atoms with Crippen molar-refractivity contribution < 1.29 is 12.8 Å². The molecule has 1 fully saturated rings. The highest BCUT2D eigenvalue weighted by molar-refractivity contribution is 7.89. The maximum absolute atomic E-state index is 13.4. The predicted octanol–water partition coefficient (Wildman–Crippen LogP) is 2.67. The van der Waals surface area contributed by atoms with Crippen molar-refractivity contribution in [3.05, 3.63) is 60.7 Å². The van der Waals surface area contributed by atoms with Crippen molar-refractivity contribution in [1.82, 2.24) is 14.3 Å². The van der Waals surface area contributed by atoms with Crippen LogP contribution in [0, 0.1) is 5.95 Å². The van der Waals surface area contributed by atoms with E-state index in [4.69, 9.17) is 0 Å². The third kappa shape index (κ3) is 3.26. The molecule has 1 atom stereocenters. The van der Waals surface area contributed by atoms with Gasteiger partial charge in [0, 0.05) is 37.3 Å². The summed E-state index contributed by atoms with van der Waals surface area (Å²) in [6.45, 7) is 2.95. The summed E-state index contributed by atoms with van der Waals surface area (Å²) in [5.74, 6) is -0.0250. The fourth-order valence-corrected chi connectivity index (χ4v) is 5.14. The molecule has 0 aliphatic carbocycles. The standard InChI is InChI=1S/C19H19FN4O2S/c1-14-13-23(11-12-24(14)18-9-3-8-17(20)22-18)27(25,26)16-7-2-5-15-6-4-10-21-19(15)16/h2-10,14H,11-13H2,1H3. The number of anilines is 1. The van der Waals surface area contributed by atoms with Crippen LogP contribution in [0.3, 0.4) is 0 Å². The monoisotopic (exact) mass is 386 g/mol. The highest BCUT2D eigenvalue weighted by atomic mass is 32.2. The lowest BCUT2D eigenvalue weighted by atomic mass is 10.2. The maximum Gasteiger partial charge on any atom is 0.245 e. The summed E-state index contributed by atoms with van der Waals surface area (Å²) in [4.78, 5) is 10.3. The molecule has 4 rings (SSSR count). The van der Waals surface area contributed by atoms with Gasteiger partial charge in [0.25, 0.3) is 0 Å². The van der Waals surface area contributed by atoms with Gasteiger partial charge in [-0.25, -0.2) is 13.4 Å². The van der Waals surface area contributed by atoms with E-state index >= 15 is 0 Å². The molecule has 8 heteroatoms. The van der Waals surface area contributed by atoms with Gasteiger partial charge in [-0.1, -0.05) is 24.3 Å². The zero-order valence-corrected chi connectivity index (χ0v) is 15.6. The number of hydrogen-bond donors (Lipinski definition) is 0. The van der Waals surface area contributed by atoms with Gasteiger partial charge in [0.05, 0.1) is 5.52 Å². The summed E-state index contributed by atoms with van der Waals surface area (Å²) in [6, 6.07) is 13.3. The molecule has 3 aromatic rings. The largest absolute Gasteiger partial charge is 0.351 e. The van der Waals surface area contributed by atoms with Gasteiger partial charge in [-0.3, -0.25) is 4.98 Å². The van der Waals surface area contributed by atoms with Crippen molar-refractivity contribution in [3.8, 4) is 0 Å².